The predicted molar refractivity (Wildman–Crippen MR) is 153 cm³/mol. The van der Waals surface area contributed by atoms with E-state index in [1.54, 1.807) is 23.9 Å². The molecule has 0 saturated carbocycles. The van der Waals surface area contributed by atoms with E-state index in [1.807, 2.05) is 37.3 Å². The first-order valence-electron chi connectivity index (χ1n) is 12.1. The van der Waals surface area contributed by atoms with Gasteiger partial charge < -0.3 is 24.8 Å². The van der Waals surface area contributed by atoms with Gasteiger partial charge in [0.15, 0.2) is 0 Å². The zero-order valence-corrected chi connectivity index (χ0v) is 23.6. The number of hydrogen-bond acceptors (Lipinski definition) is 6. The lowest BCUT2D eigenvalue weighted by Gasteiger charge is -2.23. The lowest BCUT2D eigenvalue weighted by molar-refractivity contribution is -0.000938. The first-order valence-corrected chi connectivity index (χ1v) is 12.9. The maximum absolute atomic E-state index is 13.2. The van der Waals surface area contributed by atoms with Crippen molar-refractivity contribution in [1.82, 2.24) is 15.1 Å². The molecule has 2 aromatic carbocycles. The normalized spacial score (nSPS) is 15.0. The highest BCUT2D eigenvalue weighted by atomic mass is 35.5. The standard InChI is InChI=1S/C26H31Cl2N5O4.ClH/c1-17-24(31-26(34)30-23-14-22(28)21(27)13-18(23)7-6-11-35-2)33(19-8-4-3-5-9-19)32-25(17)37-16-20-15-29-10-12-36-20;/h3-5,8-9,13-14,20,29H,6-7,10-12,15-16H2,1-2H3,(H2,30,31,34);1H. The summed E-state index contributed by atoms with van der Waals surface area (Å²) in [4.78, 5) is 13.2. The van der Waals surface area contributed by atoms with Gasteiger partial charge in [0.05, 0.1) is 27.9 Å². The van der Waals surface area contributed by atoms with Crippen LogP contribution >= 0.6 is 35.6 Å². The average molecular weight is 585 g/mol. The van der Waals surface area contributed by atoms with Crippen molar-refractivity contribution < 1.29 is 19.0 Å². The van der Waals surface area contributed by atoms with Crippen molar-refractivity contribution in [2.75, 3.05) is 50.7 Å². The van der Waals surface area contributed by atoms with Crippen LogP contribution in [0, 0.1) is 6.92 Å². The van der Waals surface area contributed by atoms with E-state index in [2.05, 4.69) is 21.0 Å². The van der Waals surface area contributed by atoms with Crippen molar-refractivity contribution >= 4 is 53.1 Å². The van der Waals surface area contributed by atoms with E-state index < -0.39 is 6.03 Å². The van der Waals surface area contributed by atoms with Crippen LogP contribution in [-0.2, 0) is 15.9 Å². The van der Waals surface area contributed by atoms with Crippen LogP contribution in [0.2, 0.25) is 10.0 Å². The molecule has 12 heteroatoms. The third-order valence-corrected chi connectivity index (χ3v) is 6.63. The Morgan fingerprint density at radius 3 is 2.68 bits per heavy atom. The summed E-state index contributed by atoms with van der Waals surface area (Å²) in [5.41, 5.74) is 2.91. The molecule has 206 valence electrons. The molecule has 0 aliphatic carbocycles. The van der Waals surface area contributed by atoms with Crippen molar-refractivity contribution in [2.24, 2.45) is 0 Å². The van der Waals surface area contributed by atoms with Crippen LogP contribution < -0.4 is 20.7 Å². The topological polar surface area (TPSA) is 98.7 Å². The Morgan fingerprint density at radius 1 is 1.21 bits per heavy atom. The summed E-state index contributed by atoms with van der Waals surface area (Å²) in [7, 11) is 1.65. The maximum atomic E-state index is 13.2. The molecule has 0 radical (unpaired) electrons. The van der Waals surface area contributed by atoms with E-state index in [0.29, 0.717) is 65.8 Å². The molecule has 9 nitrogen and oxygen atoms in total. The van der Waals surface area contributed by atoms with Crippen LogP contribution in [0.5, 0.6) is 5.88 Å². The molecule has 1 unspecified atom stereocenters. The number of halogens is 3. The lowest BCUT2D eigenvalue weighted by Crippen LogP contribution is -2.41. The quantitative estimate of drug-likeness (QED) is 0.272. The minimum atomic E-state index is -0.446. The van der Waals surface area contributed by atoms with E-state index >= 15 is 0 Å². The Kier molecular flexibility index (Phi) is 11.5. The summed E-state index contributed by atoms with van der Waals surface area (Å²) < 4.78 is 18.5. The highest BCUT2D eigenvalue weighted by Gasteiger charge is 2.22. The number of ether oxygens (including phenoxy) is 3. The van der Waals surface area contributed by atoms with Gasteiger partial charge in [-0.1, -0.05) is 41.4 Å². The molecule has 0 spiro atoms. The summed E-state index contributed by atoms with van der Waals surface area (Å²) in [6.07, 6.45) is 1.36. The van der Waals surface area contributed by atoms with E-state index in [0.717, 1.165) is 24.2 Å². The molecule has 1 atom stereocenters. The van der Waals surface area contributed by atoms with Gasteiger partial charge in [-0.3, -0.25) is 5.32 Å². The van der Waals surface area contributed by atoms with E-state index in [9.17, 15) is 4.79 Å². The monoisotopic (exact) mass is 583 g/mol. The Morgan fingerprint density at radius 2 is 1.97 bits per heavy atom. The molecular weight excluding hydrogens is 553 g/mol. The van der Waals surface area contributed by atoms with Gasteiger partial charge in [-0.15, -0.1) is 17.5 Å². The van der Waals surface area contributed by atoms with Crippen molar-refractivity contribution in [3.63, 3.8) is 0 Å². The molecule has 3 N–H and O–H groups in total. The van der Waals surface area contributed by atoms with Gasteiger partial charge in [-0.05, 0) is 49.6 Å². The zero-order chi connectivity index (χ0) is 26.2. The highest BCUT2D eigenvalue weighted by Crippen LogP contribution is 2.31. The van der Waals surface area contributed by atoms with Crippen LogP contribution in [0.1, 0.15) is 17.5 Å². The van der Waals surface area contributed by atoms with Gasteiger partial charge in [0, 0.05) is 32.5 Å². The number of urea groups is 1. The number of rotatable bonds is 10. The molecule has 2 amide bonds. The molecule has 1 aliphatic rings. The van der Waals surface area contributed by atoms with Gasteiger partial charge >= 0.3 is 6.03 Å². The van der Waals surface area contributed by atoms with Gasteiger partial charge in [0.25, 0.3) is 0 Å². The Labute approximate surface area is 238 Å². The van der Waals surface area contributed by atoms with Gasteiger partial charge in [-0.25, -0.2) is 9.48 Å². The number of hydrogen-bond donors (Lipinski definition) is 3. The third-order valence-electron chi connectivity index (χ3n) is 5.91. The number of aromatic nitrogens is 2. The van der Waals surface area contributed by atoms with Gasteiger partial charge in [0.2, 0.25) is 5.88 Å². The molecule has 38 heavy (non-hydrogen) atoms. The fraction of sp³-hybridized carbons (Fsp3) is 0.385. The fourth-order valence-corrected chi connectivity index (χ4v) is 4.34. The lowest BCUT2D eigenvalue weighted by atomic mass is 10.1. The molecule has 2 heterocycles. The fourth-order valence-electron chi connectivity index (χ4n) is 3.99. The van der Waals surface area contributed by atoms with E-state index in [4.69, 9.17) is 37.4 Å². The Hall–Kier alpha value is -2.53. The SMILES string of the molecule is COCCCc1cc(Cl)c(Cl)cc1NC(=O)Nc1c(C)c(OCC2CNCCO2)nn1-c1ccccc1.Cl. The smallest absolute Gasteiger partial charge is 0.324 e. The molecule has 1 fully saturated rings. The third kappa shape index (κ3) is 7.75. The van der Waals surface area contributed by atoms with Gasteiger partial charge in [-0.2, -0.15) is 0 Å². The van der Waals surface area contributed by atoms with Crippen LogP contribution in [0.4, 0.5) is 16.3 Å². The highest BCUT2D eigenvalue weighted by molar-refractivity contribution is 6.42. The van der Waals surface area contributed by atoms with Crippen LogP contribution in [-0.4, -0.2) is 61.9 Å². The number of methoxy groups -OCH3 is 1. The maximum Gasteiger partial charge on any atom is 0.324 e. The van der Waals surface area contributed by atoms with Crippen molar-refractivity contribution in [3.8, 4) is 11.6 Å². The number of para-hydroxylation sites is 1. The predicted octanol–water partition coefficient (Wildman–Crippen LogP) is 5.50. The average Bonchev–Trinajstić information content (AvgIpc) is 3.21. The summed E-state index contributed by atoms with van der Waals surface area (Å²) in [5, 5.41) is 14.6. The second-order valence-corrected chi connectivity index (χ2v) is 9.45. The van der Waals surface area contributed by atoms with E-state index in [-0.39, 0.29) is 18.5 Å². The molecular formula is C26H32Cl3N5O4. The molecule has 1 aromatic heterocycles. The minimum absolute atomic E-state index is 0. The summed E-state index contributed by atoms with van der Waals surface area (Å²) in [5.74, 6) is 0.908. The number of anilines is 2. The Balaban J connectivity index is 0.00000400. The summed E-state index contributed by atoms with van der Waals surface area (Å²) in [6, 6.07) is 12.5. The number of aryl methyl sites for hydroxylation is 1. The van der Waals surface area contributed by atoms with Gasteiger partial charge in [0.1, 0.15) is 18.5 Å². The van der Waals surface area contributed by atoms with Crippen molar-refractivity contribution in [1.29, 1.82) is 0 Å². The molecule has 1 saturated heterocycles. The number of carbonyl (C=O) groups is 1. The van der Waals surface area contributed by atoms with Crippen LogP contribution in [0.3, 0.4) is 0 Å². The number of nitrogens with one attached hydrogen (secondary N) is 3. The van der Waals surface area contributed by atoms with E-state index in [1.165, 1.54) is 0 Å². The van der Waals surface area contributed by atoms with Crippen LogP contribution in [0.25, 0.3) is 5.69 Å². The first kappa shape index (κ1) is 30.0. The number of carbonyl (C=O) groups excluding carboxylic acids is 1. The van der Waals surface area contributed by atoms with Crippen molar-refractivity contribution in [2.45, 2.75) is 25.9 Å². The Bertz CT molecular complexity index is 1200. The number of benzene rings is 2. The molecule has 3 aromatic rings. The molecule has 1 aliphatic heterocycles. The van der Waals surface area contributed by atoms with Crippen LogP contribution in [0.15, 0.2) is 42.5 Å². The first-order chi connectivity index (χ1) is 18.0. The minimum Gasteiger partial charge on any atom is -0.474 e. The second-order valence-electron chi connectivity index (χ2n) is 8.63. The second kappa shape index (κ2) is 14.6. The zero-order valence-electron chi connectivity index (χ0n) is 21.3. The number of nitrogens with zero attached hydrogens (tertiary/aromatic N) is 2. The molecule has 0 bridgehead atoms. The van der Waals surface area contributed by atoms with Crippen molar-refractivity contribution in [3.05, 3.63) is 63.6 Å². The summed E-state index contributed by atoms with van der Waals surface area (Å²) >= 11 is 12.5. The largest absolute Gasteiger partial charge is 0.474 e. The number of amides is 2. The summed E-state index contributed by atoms with van der Waals surface area (Å²) in [6.45, 7) is 4.97. The number of morpholine rings is 1. The molecule has 4 rings (SSSR count).